The summed E-state index contributed by atoms with van der Waals surface area (Å²) in [5.41, 5.74) is 0. The number of aromatic amines is 1. The number of H-pyrrole nitrogens is 1. The largest absolute Gasteiger partial charge is 0.481 e. The van der Waals surface area contributed by atoms with Gasteiger partial charge in [0.1, 0.15) is 5.82 Å². The first-order chi connectivity index (χ1) is 8.08. The zero-order chi connectivity index (χ0) is 12.4. The Morgan fingerprint density at radius 3 is 2.88 bits per heavy atom. The van der Waals surface area contributed by atoms with Crippen molar-refractivity contribution in [1.82, 2.24) is 20.5 Å². The summed E-state index contributed by atoms with van der Waals surface area (Å²) in [6.45, 7) is 1.59. The second-order valence-corrected chi connectivity index (χ2v) is 4.27. The second-order valence-electron chi connectivity index (χ2n) is 4.27. The molecule has 7 nitrogen and oxygen atoms in total. The van der Waals surface area contributed by atoms with Crippen molar-refractivity contribution >= 4 is 11.9 Å². The van der Waals surface area contributed by atoms with Gasteiger partial charge in [-0.25, -0.2) is 4.98 Å². The maximum Gasteiger partial charge on any atom is 0.308 e. The molecule has 1 saturated carbocycles. The van der Waals surface area contributed by atoms with Gasteiger partial charge < -0.3 is 10.4 Å². The lowest BCUT2D eigenvalue weighted by Gasteiger charge is -2.05. The van der Waals surface area contributed by atoms with Crippen LogP contribution in [0.5, 0.6) is 0 Å². The van der Waals surface area contributed by atoms with Crippen LogP contribution < -0.4 is 5.32 Å². The van der Waals surface area contributed by atoms with E-state index < -0.39 is 17.8 Å². The molecule has 7 heteroatoms. The van der Waals surface area contributed by atoms with Gasteiger partial charge in [-0.1, -0.05) is 6.92 Å². The maximum atomic E-state index is 11.6. The van der Waals surface area contributed by atoms with E-state index in [1.54, 1.807) is 0 Å². The third-order valence-corrected chi connectivity index (χ3v) is 2.66. The first-order valence-electron chi connectivity index (χ1n) is 5.51. The topological polar surface area (TPSA) is 108 Å². The van der Waals surface area contributed by atoms with Gasteiger partial charge in [0.05, 0.1) is 5.92 Å². The van der Waals surface area contributed by atoms with Crippen molar-refractivity contribution in [3.8, 4) is 0 Å². The summed E-state index contributed by atoms with van der Waals surface area (Å²) in [6.07, 6.45) is 2.15. The second kappa shape index (κ2) is 4.52. The highest BCUT2D eigenvalue weighted by Gasteiger charge is 2.28. The standard InChI is InChI=1S/C10H14N4O3/c1-5(10(16)17)4-11-9(15)8-12-7(13-14-8)6-2-3-6/h5-6H,2-4H2,1H3,(H,11,15)(H,16,17)(H,12,13,14). The number of hydrogen-bond donors (Lipinski definition) is 3. The van der Waals surface area contributed by atoms with Gasteiger partial charge in [-0.05, 0) is 12.8 Å². The Labute approximate surface area is 97.6 Å². The molecule has 1 heterocycles. The van der Waals surface area contributed by atoms with Crippen molar-refractivity contribution in [2.75, 3.05) is 6.54 Å². The van der Waals surface area contributed by atoms with Gasteiger partial charge in [0, 0.05) is 12.5 Å². The van der Waals surface area contributed by atoms with E-state index in [4.69, 9.17) is 5.11 Å². The van der Waals surface area contributed by atoms with Gasteiger partial charge in [0.2, 0.25) is 5.82 Å². The van der Waals surface area contributed by atoms with E-state index in [0.717, 1.165) is 18.7 Å². The number of carboxylic acid groups (broad SMARTS) is 1. The molecule has 1 atom stereocenters. The van der Waals surface area contributed by atoms with Crippen LogP contribution in [0, 0.1) is 5.92 Å². The number of carbonyl (C=O) groups is 2. The van der Waals surface area contributed by atoms with Gasteiger partial charge in [-0.15, -0.1) is 5.10 Å². The summed E-state index contributed by atoms with van der Waals surface area (Å²) in [5.74, 6) is -0.797. The van der Waals surface area contributed by atoms with E-state index in [0.29, 0.717) is 5.92 Å². The molecule has 1 amide bonds. The highest BCUT2D eigenvalue weighted by Crippen LogP contribution is 2.37. The van der Waals surface area contributed by atoms with Crippen LogP contribution in [0.15, 0.2) is 0 Å². The minimum absolute atomic E-state index is 0.0709. The molecule has 2 rings (SSSR count). The van der Waals surface area contributed by atoms with Crippen LogP contribution in [0.1, 0.15) is 42.1 Å². The molecule has 1 aromatic rings. The molecule has 3 N–H and O–H groups in total. The molecule has 1 aromatic heterocycles. The fourth-order valence-corrected chi connectivity index (χ4v) is 1.33. The summed E-state index contributed by atoms with van der Waals surface area (Å²) < 4.78 is 0. The van der Waals surface area contributed by atoms with Crippen molar-refractivity contribution in [2.24, 2.45) is 5.92 Å². The molecular weight excluding hydrogens is 224 g/mol. The van der Waals surface area contributed by atoms with E-state index in [2.05, 4.69) is 20.5 Å². The Morgan fingerprint density at radius 1 is 1.59 bits per heavy atom. The molecule has 1 unspecified atom stereocenters. The van der Waals surface area contributed by atoms with Crippen molar-refractivity contribution in [3.05, 3.63) is 11.6 Å². The molecule has 0 saturated heterocycles. The summed E-state index contributed by atoms with van der Waals surface area (Å²) in [5, 5.41) is 17.7. The monoisotopic (exact) mass is 238 g/mol. The number of nitrogens with one attached hydrogen (secondary N) is 2. The fraction of sp³-hybridized carbons (Fsp3) is 0.600. The molecule has 0 radical (unpaired) electrons. The SMILES string of the molecule is CC(CNC(=O)c1n[nH]c(C2CC2)n1)C(=O)O. The Balaban J connectivity index is 1.88. The van der Waals surface area contributed by atoms with Crippen LogP contribution in [0.3, 0.4) is 0 Å². The molecule has 0 bridgehead atoms. The number of aliphatic carboxylic acids is 1. The van der Waals surface area contributed by atoms with Crippen LogP contribution in [0.25, 0.3) is 0 Å². The molecule has 92 valence electrons. The molecule has 0 aliphatic heterocycles. The van der Waals surface area contributed by atoms with Gasteiger partial charge >= 0.3 is 5.97 Å². The molecule has 0 aromatic carbocycles. The first-order valence-corrected chi connectivity index (χ1v) is 5.51. The number of hydrogen-bond acceptors (Lipinski definition) is 4. The average Bonchev–Trinajstić information content (AvgIpc) is 3.03. The Kier molecular flexibility index (Phi) is 3.08. The molecule has 1 aliphatic carbocycles. The predicted octanol–water partition coefficient (Wildman–Crippen LogP) is 0.133. The highest BCUT2D eigenvalue weighted by atomic mass is 16.4. The minimum Gasteiger partial charge on any atom is -0.481 e. The highest BCUT2D eigenvalue weighted by molar-refractivity contribution is 5.90. The van der Waals surface area contributed by atoms with E-state index in [9.17, 15) is 9.59 Å². The number of rotatable bonds is 5. The summed E-state index contributed by atoms with van der Waals surface area (Å²) in [6, 6.07) is 0. The van der Waals surface area contributed by atoms with Gasteiger partial charge in [-0.3, -0.25) is 14.7 Å². The first kappa shape index (κ1) is 11.6. The predicted molar refractivity (Wildman–Crippen MR) is 57.5 cm³/mol. The normalized spacial score (nSPS) is 16.5. The maximum absolute atomic E-state index is 11.6. The zero-order valence-electron chi connectivity index (χ0n) is 9.43. The molecule has 0 spiro atoms. The van der Waals surface area contributed by atoms with Crippen molar-refractivity contribution in [1.29, 1.82) is 0 Å². The van der Waals surface area contributed by atoms with Crippen LogP contribution in [0.2, 0.25) is 0 Å². The molecule has 17 heavy (non-hydrogen) atoms. The van der Waals surface area contributed by atoms with E-state index in [1.165, 1.54) is 6.92 Å². The van der Waals surface area contributed by atoms with E-state index in [1.807, 2.05) is 0 Å². The van der Waals surface area contributed by atoms with Crippen LogP contribution in [-0.4, -0.2) is 38.7 Å². The lowest BCUT2D eigenvalue weighted by molar-refractivity contribution is -0.140. The smallest absolute Gasteiger partial charge is 0.308 e. The van der Waals surface area contributed by atoms with Crippen LogP contribution in [-0.2, 0) is 4.79 Å². The van der Waals surface area contributed by atoms with Crippen molar-refractivity contribution < 1.29 is 14.7 Å². The zero-order valence-corrected chi connectivity index (χ0v) is 9.43. The van der Waals surface area contributed by atoms with Crippen molar-refractivity contribution in [3.63, 3.8) is 0 Å². The van der Waals surface area contributed by atoms with E-state index >= 15 is 0 Å². The van der Waals surface area contributed by atoms with Gasteiger partial charge in [0.25, 0.3) is 5.91 Å². The quantitative estimate of drug-likeness (QED) is 0.675. The lowest BCUT2D eigenvalue weighted by atomic mass is 10.2. The number of carboxylic acids is 1. The third-order valence-electron chi connectivity index (χ3n) is 2.66. The number of carbonyl (C=O) groups excluding carboxylic acids is 1. The summed E-state index contributed by atoms with van der Waals surface area (Å²) in [7, 11) is 0. The van der Waals surface area contributed by atoms with Crippen LogP contribution in [0.4, 0.5) is 0 Å². The number of nitrogens with zero attached hydrogens (tertiary/aromatic N) is 2. The summed E-state index contributed by atoms with van der Waals surface area (Å²) >= 11 is 0. The molecular formula is C10H14N4O3. The average molecular weight is 238 g/mol. The van der Waals surface area contributed by atoms with Crippen LogP contribution >= 0.6 is 0 Å². The van der Waals surface area contributed by atoms with Gasteiger partial charge in [-0.2, -0.15) is 0 Å². The Hall–Kier alpha value is -1.92. The third kappa shape index (κ3) is 2.80. The Morgan fingerprint density at radius 2 is 2.29 bits per heavy atom. The molecule has 1 fully saturated rings. The summed E-state index contributed by atoms with van der Waals surface area (Å²) in [4.78, 5) is 26.2. The number of amides is 1. The van der Waals surface area contributed by atoms with Crippen molar-refractivity contribution in [2.45, 2.75) is 25.7 Å². The number of aromatic nitrogens is 3. The van der Waals surface area contributed by atoms with Gasteiger partial charge in [0.15, 0.2) is 0 Å². The fourth-order valence-electron chi connectivity index (χ4n) is 1.33. The molecule has 1 aliphatic rings. The lowest BCUT2D eigenvalue weighted by Crippen LogP contribution is -2.32. The Bertz CT molecular complexity index is 439. The minimum atomic E-state index is -0.945. The van der Waals surface area contributed by atoms with E-state index in [-0.39, 0.29) is 12.4 Å².